The Morgan fingerprint density at radius 2 is 2.00 bits per heavy atom. The van der Waals surface area contributed by atoms with Crippen LogP contribution in [0.4, 0.5) is 0 Å². The van der Waals surface area contributed by atoms with E-state index in [1.807, 2.05) is 0 Å². The predicted octanol–water partition coefficient (Wildman–Crippen LogP) is 3.80. The van der Waals surface area contributed by atoms with Crippen molar-refractivity contribution >= 4 is 15.9 Å². The molecule has 1 heteroatoms. The average Bonchev–Trinajstić information content (AvgIpc) is 2.42. The maximum Gasteiger partial charge on any atom is 0.0236 e. The van der Waals surface area contributed by atoms with Crippen LogP contribution in [-0.2, 0) is 12.8 Å². The topological polar surface area (TPSA) is 0 Å². The predicted molar refractivity (Wildman–Crippen MR) is 60.2 cm³/mol. The summed E-state index contributed by atoms with van der Waals surface area (Å²) < 4.78 is 1.31. The number of rotatable bonds is 0. The summed E-state index contributed by atoms with van der Waals surface area (Å²) in [5, 5.41) is 0. The van der Waals surface area contributed by atoms with Crippen LogP contribution in [0.15, 0.2) is 10.5 Å². The molecule has 0 saturated heterocycles. The van der Waals surface area contributed by atoms with Crippen LogP contribution < -0.4 is 0 Å². The first-order chi connectivity index (χ1) is 6.09. The second kappa shape index (κ2) is 3.13. The van der Waals surface area contributed by atoms with Crippen molar-refractivity contribution in [2.24, 2.45) is 5.92 Å². The maximum atomic E-state index is 3.65. The monoisotopic (exact) mass is 238 g/mol. The van der Waals surface area contributed by atoms with Gasteiger partial charge in [0.25, 0.3) is 0 Å². The number of fused-ring (bicyclic) bond motifs is 1. The lowest BCUT2D eigenvalue weighted by molar-refractivity contribution is 0.627. The molecule has 0 saturated carbocycles. The van der Waals surface area contributed by atoms with E-state index in [0.717, 1.165) is 5.92 Å². The Kier molecular flexibility index (Phi) is 2.23. The van der Waals surface area contributed by atoms with Gasteiger partial charge in [-0.25, -0.2) is 0 Å². The Hall–Kier alpha value is -0.300. The summed E-state index contributed by atoms with van der Waals surface area (Å²) in [5.41, 5.74) is 6.00. The maximum absolute atomic E-state index is 3.65. The van der Waals surface area contributed by atoms with Crippen molar-refractivity contribution in [3.63, 3.8) is 0 Å². The fourth-order valence-corrected chi connectivity index (χ4v) is 2.70. The van der Waals surface area contributed by atoms with E-state index >= 15 is 0 Å². The van der Waals surface area contributed by atoms with E-state index in [9.17, 15) is 0 Å². The number of aryl methyl sites for hydroxylation is 1. The fourth-order valence-electron chi connectivity index (χ4n) is 2.34. The van der Waals surface area contributed by atoms with Crippen LogP contribution in [-0.4, -0.2) is 0 Å². The van der Waals surface area contributed by atoms with Gasteiger partial charge in [-0.1, -0.05) is 28.9 Å². The summed E-state index contributed by atoms with van der Waals surface area (Å²) in [4.78, 5) is 0. The fraction of sp³-hybridized carbons (Fsp3) is 0.500. The molecule has 0 fully saturated rings. The molecule has 0 radical (unpaired) electrons. The molecule has 0 nitrogen and oxygen atoms in total. The van der Waals surface area contributed by atoms with Gasteiger partial charge in [-0.3, -0.25) is 0 Å². The molecule has 1 unspecified atom stereocenters. The van der Waals surface area contributed by atoms with Crippen molar-refractivity contribution in [2.75, 3.05) is 0 Å². The van der Waals surface area contributed by atoms with Crippen molar-refractivity contribution in [1.29, 1.82) is 0 Å². The highest BCUT2D eigenvalue weighted by atomic mass is 79.9. The van der Waals surface area contributed by atoms with Crippen LogP contribution in [0.5, 0.6) is 0 Å². The molecule has 0 heterocycles. The highest BCUT2D eigenvalue weighted by Crippen LogP contribution is 2.34. The van der Waals surface area contributed by atoms with Crippen molar-refractivity contribution in [2.45, 2.75) is 33.6 Å². The lowest BCUT2D eigenvalue weighted by Crippen LogP contribution is -1.92. The zero-order chi connectivity index (χ0) is 9.59. The number of hydrogen-bond acceptors (Lipinski definition) is 0. The average molecular weight is 239 g/mol. The Morgan fingerprint density at radius 3 is 2.69 bits per heavy atom. The third-order valence-corrected chi connectivity index (χ3v) is 4.25. The molecule has 0 amide bonds. The van der Waals surface area contributed by atoms with Gasteiger partial charge in [0, 0.05) is 4.47 Å². The summed E-state index contributed by atoms with van der Waals surface area (Å²) >= 11 is 3.65. The first kappa shape index (κ1) is 9.26. The Balaban J connectivity index is 2.60. The van der Waals surface area contributed by atoms with E-state index in [1.54, 1.807) is 11.1 Å². The lowest BCUT2D eigenvalue weighted by Gasteiger charge is -2.09. The van der Waals surface area contributed by atoms with Crippen molar-refractivity contribution in [3.05, 3.63) is 32.8 Å². The van der Waals surface area contributed by atoms with Gasteiger partial charge in [0.05, 0.1) is 0 Å². The summed E-state index contributed by atoms with van der Waals surface area (Å²) in [7, 11) is 0. The normalized spacial score (nSPS) is 20.5. The minimum absolute atomic E-state index is 0.836. The van der Waals surface area contributed by atoms with E-state index in [1.165, 1.54) is 28.4 Å². The smallest absolute Gasteiger partial charge is 0.0236 e. The summed E-state index contributed by atoms with van der Waals surface area (Å²) in [6.07, 6.45) is 2.53. The first-order valence-electron chi connectivity index (χ1n) is 4.87. The highest BCUT2D eigenvalue weighted by Gasteiger charge is 2.21. The minimum Gasteiger partial charge on any atom is -0.0619 e. The molecular formula is C12H15Br. The molecule has 2 rings (SSSR count). The van der Waals surface area contributed by atoms with E-state index in [2.05, 4.69) is 42.8 Å². The second-order valence-electron chi connectivity index (χ2n) is 4.28. The van der Waals surface area contributed by atoms with Crippen molar-refractivity contribution < 1.29 is 0 Å². The molecule has 0 aromatic heterocycles. The molecular weight excluding hydrogens is 224 g/mol. The van der Waals surface area contributed by atoms with Gasteiger partial charge in [0.15, 0.2) is 0 Å². The van der Waals surface area contributed by atoms with Gasteiger partial charge in [-0.15, -0.1) is 0 Å². The Bertz CT molecular complexity index is 353. The molecule has 0 spiro atoms. The van der Waals surface area contributed by atoms with Crippen molar-refractivity contribution in [1.82, 2.24) is 0 Å². The molecule has 0 aliphatic heterocycles. The Morgan fingerprint density at radius 1 is 1.31 bits per heavy atom. The minimum atomic E-state index is 0.836. The van der Waals surface area contributed by atoms with Crippen LogP contribution in [0.2, 0.25) is 0 Å². The van der Waals surface area contributed by atoms with Crippen LogP contribution >= 0.6 is 15.9 Å². The van der Waals surface area contributed by atoms with E-state index in [-0.39, 0.29) is 0 Å². The summed E-state index contributed by atoms with van der Waals surface area (Å²) in [5.74, 6) is 0.836. The zero-order valence-electron chi connectivity index (χ0n) is 8.45. The van der Waals surface area contributed by atoms with Gasteiger partial charge >= 0.3 is 0 Å². The van der Waals surface area contributed by atoms with Crippen LogP contribution in [0.25, 0.3) is 0 Å². The van der Waals surface area contributed by atoms with Crippen molar-refractivity contribution in [3.8, 4) is 0 Å². The van der Waals surface area contributed by atoms with Crippen LogP contribution in [0.1, 0.15) is 29.2 Å². The quantitative estimate of drug-likeness (QED) is 0.646. The summed E-state index contributed by atoms with van der Waals surface area (Å²) in [6.45, 7) is 6.75. The van der Waals surface area contributed by atoms with Gasteiger partial charge in [-0.05, 0) is 54.9 Å². The molecule has 1 aliphatic rings. The second-order valence-corrected chi connectivity index (χ2v) is 5.08. The summed E-state index contributed by atoms with van der Waals surface area (Å²) in [6, 6.07) is 2.34. The first-order valence-corrected chi connectivity index (χ1v) is 5.66. The number of hydrogen-bond donors (Lipinski definition) is 0. The molecule has 70 valence electrons. The van der Waals surface area contributed by atoms with E-state index in [0.29, 0.717) is 0 Å². The van der Waals surface area contributed by atoms with Gasteiger partial charge in [0.2, 0.25) is 0 Å². The molecule has 1 aromatic carbocycles. The van der Waals surface area contributed by atoms with Crippen LogP contribution in [0, 0.1) is 19.8 Å². The number of halogens is 1. The van der Waals surface area contributed by atoms with Gasteiger partial charge in [0.1, 0.15) is 0 Å². The zero-order valence-corrected chi connectivity index (χ0v) is 10.0. The molecule has 1 aliphatic carbocycles. The molecule has 1 atom stereocenters. The van der Waals surface area contributed by atoms with Gasteiger partial charge in [-0.2, -0.15) is 0 Å². The van der Waals surface area contributed by atoms with E-state index < -0.39 is 0 Å². The molecule has 1 aromatic rings. The highest BCUT2D eigenvalue weighted by molar-refractivity contribution is 9.10. The molecule has 0 bridgehead atoms. The SMILES string of the molecule is Cc1cc2c(c(C)c1Br)CC(C)C2. The standard InChI is InChI=1S/C12H15Br/c1-7-4-10-6-8(2)12(13)9(3)11(10)5-7/h6-7H,4-5H2,1-3H3. The third-order valence-electron chi connectivity index (χ3n) is 3.03. The third kappa shape index (κ3) is 1.43. The largest absolute Gasteiger partial charge is 0.0619 e. The van der Waals surface area contributed by atoms with E-state index in [4.69, 9.17) is 0 Å². The molecule has 0 N–H and O–H groups in total. The van der Waals surface area contributed by atoms with Gasteiger partial charge < -0.3 is 0 Å². The molecule has 13 heavy (non-hydrogen) atoms. The van der Waals surface area contributed by atoms with Crippen LogP contribution in [0.3, 0.4) is 0 Å². The number of benzene rings is 1. The Labute approximate surface area is 88.5 Å². The lowest BCUT2D eigenvalue weighted by atomic mass is 10.0.